The normalized spacial score (nSPS) is 12.1. The van der Waals surface area contributed by atoms with Crippen LogP contribution in [0.2, 0.25) is 0 Å². The fourth-order valence-electron chi connectivity index (χ4n) is 2.14. The second-order valence-electron chi connectivity index (χ2n) is 5.78. The maximum Gasteiger partial charge on any atom is 0.0544 e. The van der Waals surface area contributed by atoms with Crippen LogP contribution < -0.4 is 5.32 Å². The fourth-order valence-corrected chi connectivity index (χ4v) is 2.14. The zero-order chi connectivity index (χ0) is 12.9. The summed E-state index contributed by atoms with van der Waals surface area (Å²) < 4.78 is 0. The number of nitrogens with zero attached hydrogens (tertiary/aromatic N) is 2. The molecule has 1 aromatic heterocycles. The van der Waals surface area contributed by atoms with Gasteiger partial charge in [0.05, 0.1) is 5.69 Å². The van der Waals surface area contributed by atoms with Crippen molar-refractivity contribution in [2.24, 2.45) is 5.41 Å². The summed E-state index contributed by atoms with van der Waals surface area (Å²) in [5.74, 6) is 0. The molecule has 3 nitrogen and oxygen atoms in total. The summed E-state index contributed by atoms with van der Waals surface area (Å²) in [6.45, 7) is 9.52. The lowest BCUT2D eigenvalue weighted by atomic mass is 9.93. The monoisotopic (exact) mass is 235 g/mol. The summed E-state index contributed by atoms with van der Waals surface area (Å²) in [4.78, 5) is 6.71. The Morgan fingerprint density at radius 1 is 1.29 bits per heavy atom. The van der Waals surface area contributed by atoms with E-state index in [4.69, 9.17) is 0 Å². The molecule has 1 N–H and O–H groups in total. The smallest absolute Gasteiger partial charge is 0.0544 e. The number of hydrogen-bond acceptors (Lipinski definition) is 3. The van der Waals surface area contributed by atoms with E-state index in [1.807, 2.05) is 13.0 Å². The molecule has 0 spiro atoms. The number of aryl methyl sites for hydroxylation is 1. The highest BCUT2D eigenvalue weighted by Gasteiger charge is 2.18. The van der Waals surface area contributed by atoms with Gasteiger partial charge in [0.2, 0.25) is 0 Å². The van der Waals surface area contributed by atoms with E-state index in [0.717, 1.165) is 31.0 Å². The van der Waals surface area contributed by atoms with Crippen LogP contribution in [0.15, 0.2) is 18.2 Å². The topological polar surface area (TPSA) is 28.2 Å². The van der Waals surface area contributed by atoms with Gasteiger partial charge in [-0.3, -0.25) is 4.98 Å². The third kappa shape index (κ3) is 5.80. The standard InChI is InChI=1S/C14H25N3/c1-12-7-6-8-13(16-12)9-15-10-14(2,3)11-17(4)5/h6-8,15H,9-11H2,1-5H3. The SMILES string of the molecule is Cc1cccc(CNCC(C)(C)CN(C)C)n1. The second-order valence-corrected chi connectivity index (χ2v) is 5.78. The van der Waals surface area contributed by atoms with Gasteiger partial charge in [0.25, 0.3) is 0 Å². The lowest BCUT2D eigenvalue weighted by Crippen LogP contribution is -2.37. The van der Waals surface area contributed by atoms with E-state index in [2.05, 4.69) is 55.3 Å². The van der Waals surface area contributed by atoms with Crippen LogP contribution >= 0.6 is 0 Å². The van der Waals surface area contributed by atoms with Gasteiger partial charge in [-0.1, -0.05) is 19.9 Å². The number of aromatic nitrogens is 1. The quantitative estimate of drug-likeness (QED) is 0.818. The van der Waals surface area contributed by atoms with Crippen molar-refractivity contribution in [1.29, 1.82) is 0 Å². The molecule has 0 unspecified atom stereocenters. The zero-order valence-electron chi connectivity index (χ0n) is 11.7. The zero-order valence-corrected chi connectivity index (χ0v) is 11.7. The highest BCUT2D eigenvalue weighted by molar-refractivity contribution is 5.09. The first-order valence-corrected chi connectivity index (χ1v) is 6.17. The largest absolute Gasteiger partial charge is 0.311 e. The number of pyridine rings is 1. The van der Waals surface area contributed by atoms with Gasteiger partial charge >= 0.3 is 0 Å². The molecule has 0 aliphatic rings. The van der Waals surface area contributed by atoms with E-state index in [-0.39, 0.29) is 5.41 Å². The van der Waals surface area contributed by atoms with Gasteiger partial charge < -0.3 is 10.2 Å². The minimum atomic E-state index is 0.285. The first-order valence-electron chi connectivity index (χ1n) is 6.17. The van der Waals surface area contributed by atoms with Crippen molar-refractivity contribution in [3.05, 3.63) is 29.6 Å². The van der Waals surface area contributed by atoms with Crippen molar-refractivity contribution in [3.8, 4) is 0 Å². The van der Waals surface area contributed by atoms with Crippen molar-refractivity contribution in [2.45, 2.75) is 27.3 Å². The summed E-state index contributed by atoms with van der Waals surface area (Å²) in [5, 5.41) is 3.49. The fraction of sp³-hybridized carbons (Fsp3) is 0.643. The van der Waals surface area contributed by atoms with Crippen molar-refractivity contribution < 1.29 is 0 Å². The molecule has 96 valence electrons. The van der Waals surface area contributed by atoms with Gasteiger partial charge in [0.15, 0.2) is 0 Å². The van der Waals surface area contributed by atoms with Gasteiger partial charge in [-0.05, 0) is 38.6 Å². The van der Waals surface area contributed by atoms with Crippen LogP contribution in [-0.2, 0) is 6.54 Å². The average Bonchev–Trinajstić information content (AvgIpc) is 2.15. The molecule has 0 aliphatic heterocycles. The van der Waals surface area contributed by atoms with Crippen LogP contribution in [0.3, 0.4) is 0 Å². The van der Waals surface area contributed by atoms with Crippen LogP contribution in [0, 0.1) is 12.3 Å². The van der Waals surface area contributed by atoms with E-state index >= 15 is 0 Å². The Labute approximate surface area is 105 Å². The van der Waals surface area contributed by atoms with Gasteiger partial charge in [-0.2, -0.15) is 0 Å². The predicted octanol–water partition coefficient (Wildman–Crippen LogP) is 2.07. The number of hydrogen-bond donors (Lipinski definition) is 1. The molecule has 1 heterocycles. The third-order valence-electron chi connectivity index (χ3n) is 2.60. The van der Waals surface area contributed by atoms with Crippen LogP contribution in [0.4, 0.5) is 0 Å². The van der Waals surface area contributed by atoms with Crippen molar-refractivity contribution in [1.82, 2.24) is 15.2 Å². The highest BCUT2D eigenvalue weighted by atomic mass is 15.1. The Bertz CT molecular complexity index is 345. The number of nitrogens with one attached hydrogen (secondary N) is 1. The second kappa shape index (κ2) is 6.12. The molecular formula is C14H25N3. The van der Waals surface area contributed by atoms with E-state index < -0.39 is 0 Å². The molecule has 1 rings (SSSR count). The highest BCUT2D eigenvalue weighted by Crippen LogP contribution is 2.14. The van der Waals surface area contributed by atoms with Crippen molar-refractivity contribution in [3.63, 3.8) is 0 Å². The molecule has 0 saturated heterocycles. The molecule has 0 atom stereocenters. The van der Waals surface area contributed by atoms with Gasteiger partial charge in [0.1, 0.15) is 0 Å². The van der Waals surface area contributed by atoms with Gasteiger partial charge in [0, 0.05) is 25.3 Å². The maximum absolute atomic E-state index is 4.48. The molecule has 3 heteroatoms. The molecule has 0 aliphatic carbocycles. The lowest BCUT2D eigenvalue weighted by molar-refractivity contribution is 0.232. The Hall–Kier alpha value is -0.930. The molecule has 0 aromatic carbocycles. The summed E-state index contributed by atoms with van der Waals surface area (Å²) in [6, 6.07) is 6.16. The molecule has 17 heavy (non-hydrogen) atoms. The van der Waals surface area contributed by atoms with Crippen LogP contribution in [0.1, 0.15) is 25.2 Å². The first-order chi connectivity index (χ1) is 7.89. The summed E-state index contributed by atoms with van der Waals surface area (Å²) >= 11 is 0. The van der Waals surface area contributed by atoms with Crippen LogP contribution in [0.5, 0.6) is 0 Å². The molecule has 1 aromatic rings. The van der Waals surface area contributed by atoms with E-state index in [0.29, 0.717) is 0 Å². The summed E-state index contributed by atoms with van der Waals surface area (Å²) in [6.07, 6.45) is 0. The summed E-state index contributed by atoms with van der Waals surface area (Å²) in [5.41, 5.74) is 2.48. The molecule has 0 saturated carbocycles. The average molecular weight is 235 g/mol. The van der Waals surface area contributed by atoms with Crippen molar-refractivity contribution >= 4 is 0 Å². The minimum Gasteiger partial charge on any atom is -0.311 e. The van der Waals surface area contributed by atoms with Gasteiger partial charge in [-0.25, -0.2) is 0 Å². The molecule has 0 bridgehead atoms. The third-order valence-corrected chi connectivity index (χ3v) is 2.60. The van der Waals surface area contributed by atoms with Crippen molar-refractivity contribution in [2.75, 3.05) is 27.2 Å². The first kappa shape index (κ1) is 14.1. The molecular weight excluding hydrogens is 210 g/mol. The Morgan fingerprint density at radius 3 is 2.59 bits per heavy atom. The lowest BCUT2D eigenvalue weighted by Gasteiger charge is -2.28. The van der Waals surface area contributed by atoms with Crippen LogP contribution in [0.25, 0.3) is 0 Å². The van der Waals surface area contributed by atoms with E-state index in [9.17, 15) is 0 Å². The van der Waals surface area contributed by atoms with E-state index in [1.165, 1.54) is 0 Å². The Kier molecular flexibility index (Phi) is 5.09. The maximum atomic E-state index is 4.48. The minimum absolute atomic E-state index is 0.285. The Balaban J connectivity index is 2.37. The van der Waals surface area contributed by atoms with Crippen LogP contribution in [-0.4, -0.2) is 37.1 Å². The summed E-state index contributed by atoms with van der Waals surface area (Å²) in [7, 11) is 4.23. The van der Waals surface area contributed by atoms with E-state index in [1.54, 1.807) is 0 Å². The number of rotatable bonds is 6. The molecule has 0 fully saturated rings. The Morgan fingerprint density at radius 2 is 2.00 bits per heavy atom. The van der Waals surface area contributed by atoms with Gasteiger partial charge in [-0.15, -0.1) is 0 Å². The molecule has 0 radical (unpaired) electrons. The molecule has 0 amide bonds. The predicted molar refractivity (Wildman–Crippen MR) is 73.0 cm³/mol.